The Balaban J connectivity index is 1.58. The quantitative estimate of drug-likeness (QED) is 0.497. The van der Waals surface area contributed by atoms with Crippen molar-refractivity contribution in [3.8, 4) is 6.57 Å². The monoisotopic (exact) mass is 482 g/mol. The summed E-state index contributed by atoms with van der Waals surface area (Å²) in [5.74, 6) is -0.639. The highest BCUT2D eigenvalue weighted by Crippen LogP contribution is 2.53. The SMILES string of the molecule is C#[N+][C@]1(C(=O)N[C@@H]2c3ccccc3C[C@@H]2O)C[C@@H]1C(CCOC)N1C(=O)CC(CC)(CC)N=C1N. The first-order valence-electron chi connectivity index (χ1n) is 12.4. The third-order valence-corrected chi connectivity index (χ3v) is 8.18. The van der Waals surface area contributed by atoms with Crippen LogP contribution in [0.25, 0.3) is 4.85 Å². The number of carbonyl (C=O) groups excluding carboxylic acids is 2. The lowest BCUT2D eigenvalue weighted by atomic mass is 9.87. The first kappa shape index (κ1) is 25.1. The van der Waals surface area contributed by atoms with Crippen molar-refractivity contribution in [1.82, 2.24) is 10.2 Å². The fourth-order valence-electron chi connectivity index (χ4n) is 5.81. The van der Waals surface area contributed by atoms with Gasteiger partial charge in [0, 0.05) is 20.1 Å². The molecule has 1 heterocycles. The second-order valence-electron chi connectivity index (χ2n) is 9.98. The number of carbonyl (C=O) groups is 2. The number of rotatable bonds is 9. The Kier molecular flexibility index (Phi) is 6.89. The van der Waals surface area contributed by atoms with Crippen LogP contribution in [0, 0.1) is 12.5 Å². The minimum absolute atomic E-state index is 0.110. The molecule has 2 aliphatic carbocycles. The predicted octanol–water partition coefficient (Wildman–Crippen LogP) is 1.99. The largest absolute Gasteiger partial charge is 0.390 e. The van der Waals surface area contributed by atoms with E-state index in [1.165, 1.54) is 4.90 Å². The van der Waals surface area contributed by atoms with Gasteiger partial charge >= 0.3 is 11.4 Å². The molecule has 9 heteroatoms. The van der Waals surface area contributed by atoms with Crippen LogP contribution >= 0.6 is 0 Å². The van der Waals surface area contributed by atoms with Crippen LogP contribution in [0.15, 0.2) is 29.3 Å². The van der Waals surface area contributed by atoms with Crippen molar-refractivity contribution in [3.63, 3.8) is 0 Å². The topological polar surface area (TPSA) is 122 Å². The number of aliphatic hydroxyl groups is 1. The summed E-state index contributed by atoms with van der Waals surface area (Å²) in [6.45, 7) is 10.2. The van der Waals surface area contributed by atoms with Gasteiger partial charge in [-0.1, -0.05) is 43.0 Å². The van der Waals surface area contributed by atoms with Gasteiger partial charge in [-0.2, -0.15) is 0 Å². The maximum absolute atomic E-state index is 13.5. The van der Waals surface area contributed by atoms with Crippen molar-refractivity contribution in [1.29, 1.82) is 0 Å². The van der Waals surface area contributed by atoms with Crippen molar-refractivity contribution in [2.45, 2.75) is 81.6 Å². The third-order valence-electron chi connectivity index (χ3n) is 8.18. The highest BCUT2D eigenvalue weighted by Gasteiger charge is 2.75. The van der Waals surface area contributed by atoms with Gasteiger partial charge in [0.1, 0.15) is 0 Å². The summed E-state index contributed by atoms with van der Waals surface area (Å²) >= 11 is 0. The standard InChI is InChI=1S/C26H35N5O4/c1-5-25(6-2)15-21(33)31(24(27)30-25)19(11-12-35-4)18-14-26(18,28-3)23(34)29-22-17-10-8-7-9-16(17)13-20(22)32/h3,7-10,18-20,22,32H,5-6,11-15H2,1-2,4H3,(H2-,27,29,30,34)/p+1/t18-,19?,20+,22-,26-/m1/s1. The number of ether oxygens (including phenoxy) is 1. The zero-order chi connectivity index (χ0) is 25.4. The Labute approximate surface area is 206 Å². The van der Waals surface area contributed by atoms with Gasteiger partial charge in [-0.3, -0.25) is 14.5 Å². The molecule has 1 aliphatic heterocycles. The summed E-state index contributed by atoms with van der Waals surface area (Å²) < 4.78 is 5.30. The number of fused-ring (bicyclic) bond motifs is 1. The molecule has 1 fully saturated rings. The van der Waals surface area contributed by atoms with Gasteiger partial charge in [0.25, 0.3) is 6.57 Å². The molecule has 2 amide bonds. The number of nitrogens with two attached hydrogens (primary N) is 1. The number of nitrogens with zero attached hydrogens (tertiary/aromatic N) is 3. The van der Waals surface area contributed by atoms with Crippen LogP contribution in [0.1, 0.15) is 63.1 Å². The van der Waals surface area contributed by atoms with E-state index in [9.17, 15) is 14.7 Å². The number of methoxy groups -OCH3 is 1. The smallest absolute Gasteiger partial charge is 0.362 e. The zero-order valence-corrected chi connectivity index (χ0v) is 20.7. The fourth-order valence-corrected chi connectivity index (χ4v) is 5.81. The minimum Gasteiger partial charge on any atom is -0.390 e. The van der Waals surface area contributed by atoms with E-state index in [4.69, 9.17) is 22.0 Å². The number of hydrogen-bond acceptors (Lipinski definition) is 6. The molecule has 0 aromatic heterocycles. The second kappa shape index (κ2) is 9.59. The van der Waals surface area contributed by atoms with Crippen LogP contribution in [-0.2, 0) is 20.7 Å². The molecule has 1 saturated carbocycles. The maximum atomic E-state index is 13.5. The van der Waals surface area contributed by atoms with Gasteiger partial charge in [-0.25, -0.2) is 4.99 Å². The summed E-state index contributed by atoms with van der Waals surface area (Å²) in [6, 6.07) is 6.69. The van der Waals surface area contributed by atoms with Crippen molar-refractivity contribution in [3.05, 3.63) is 40.2 Å². The van der Waals surface area contributed by atoms with E-state index in [2.05, 4.69) is 10.2 Å². The predicted molar refractivity (Wildman–Crippen MR) is 133 cm³/mol. The van der Waals surface area contributed by atoms with Crippen molar-refractivity contribution >= 4 is 17.8 Å². The lowest BCUT2D eigenvalue weighted by Gasteiger charge is -2.40. The van der Waals surface area contributed by atoms with E-state index < -0.39 is 29.3 Å². The number of benzene rings is 1. The van der Waals surface area contributed by atoms with Crippen LogP contribution in [0.4, 0.5) is 0 Å². The molecule has 1 unspecified atom stereocenters. The molecule has 1 aromatic carbocycles. The van der Waals surface area contributed by atoms with E-state index in [-0.39, 0.29) is 30.1 Å². The number of nitrogens with one attached hydrogen (secondary N) is 1. The molecule has 4 N–H and O–H groups in total. The molecule has 9 nitrogen and oxygen atoms in total. The maximum Gasteiger partial charge on any atom is 0.362 e. The molecule has 1 aromatic rings. The fraction of sp³-hybridized carbons (Fsp3) is 0.615. The van der Waals surface area contributed by atoms with Gasteiger partial charge in [0.2, 0.25) is 5.91 Å². The summed E-state index contributed by atoms with van der Waals surface area (Å²) in [7, 11) is 1.59. The molecule has 0 saturated heterocycles. The molecule has 0 bridgehead atoms. The molecule has 0 radical (unpaired) electrons. The van der Waals surface area contributed by atoms with Crippen LogP contribution in [0.5, 0.6) is 0 Å². The molecule has 4 rings (SSSR count). The Morgan fingerprint density at radius 2 is 2.11 bits per heavy atom. The van der Waals surface area contributed by atoms with E-state index in [0.29, 0.717) is 38.7 Å². The van der Waals surface area contributed by atoms with Crippen LogP contribution in [0.3, 0.4) is 0 Å². The van der Waals surface area contributed by atoms with E-state index >= 15 is 0 Å². The number of hydrogen-bond donors (Lipinski definition) is 3. The Morgan fingerprint density at radius 3 is 2.74 bits per heavy atom. The van der Waals surface area contributed by atoms with Gasteiger partial charge < -0.3 is 20.9 Å². The second-order valence-corrected chi connectivity index (χ2v) is 9.98. The average molecular weight is 483 g/mol. The molecule has 5 atom stereocenters. The molecule has 3 aliphatic rings. The highest BCUT2D eigenvalue weighted by atomic mass is 16.5. The molecule has 188 valence electrons. The van der Waals surface area contributed by atoms with Gasteiger partial charge in [0.15, 0.2) is 5.96 Å². The first-order chi connectivity index (χ1) is 16.8. The lowest BCUT2D eigenvalue weighted by Crippen LogP contribution is -2.57. The third kappa shape index (κ3) is 4.30. The van der Waals surface area contributed by atoms with Gasteiger partial charge in [0.05, 0.1) is 42.5 Å². The average Bonchev–Trinajstić information content (AvgIpc) is 3.52. The lowest BCUT2D eigenvalue weighted by molar-refractivity contribution is -0.133. The summed E-state index contributed by atoms with van der Waals surface area (Å²) in [5.41, 5.74) is 6.56. The number of aliphatic imine (C=N–C) groups is 1. The van der Waals surface area contributed by atoms with Crippen molar-refractivity contribution in [2.75, 3.05) is 13.7 Å². The molecular formula is C26H36N5O4+. The normalized spacial score (nSPS) is 29.7. The summed E-state index contributed by atoms with van der Waals surface area (Å²) in [5, 5.41) is 13.6. The zero-order valence-electron chi connectivity index (χ0n) is 20.7. The van der Waals surface area contributed by atoms with Crippen molar-refractivity contribution in [2.24, 2.45) is 16.6 Å². The van der Waals surface area contributed by atoms with Crippen LogP contribution in [0.2, 0.25) is 0 Å². The first-order valence-corrected chi connectivity index (χ1v) is 12.4. The highest BCUT2D eigenvalue weighted by molar-refractivity contribution is 6.00. The molecular weight excluding hydrogens is 446 g/mol. The number of guanidine groups is 1. The Hall–Kier alpha value is -2.96. The van der Waals surface area contributed by atoms with E-state index in [0.717, 1.165) is 11.1 Å². The molecule has 35 heavy (non-hydrogen) atoms. The minimum atomic E-state index is -1.21. The molecule has 0 spiro atoms. The van der Waals surface area contributed by atoms with Crippen LogP contribution in [-0.4, -0.2) is 64.7 Å². The Morgan fingerprint density at radius 1 is 1.40 bits per heavy atom. The van der Waals surface area contributed by atoms with E-state index in [1.807, 2.05) is 38.1 Å². The summed E-state index contributed by atoms with van der Waals surface area (Å²) in [4.78, 5) is 37.1. The van der Waals surface area contributed by atoms with Crippen LogP contribution < -0.4 is 11.1 Å². The number of aliphatic hydroxyl groups excluding tert-OH is 1. The van der Waals surface area contributed by atoms with Crippen molar-refractivity contribution < 1.29 is 19.4 Å². The van der Waals surface area contributed by atoms with Gasteiger partial charge in [-0.15, -0.1) is 0 Å². The summed E-state index contributed by atoms with van der Waals surface area (Å²) in [6.07, 6.45) is 2.28. The van der Waals surface area contributed by atoms with E-state index in [1.54, 1.807) is 7.11 Å². The number of amides is 2. The van der Waals surface area contributed by atoms with Gasteiger partial charge in [-0.05, 0) is 30.4 Å². The Bertz CT molecular complexity index is 1060.